The largest absolute Gasteiger partial charge is 0.341 e. The van der Waals surface area contributed by atoms with Crippen LogP contribution in [0.2, 0.25) is 0 Å². The Kier molecular flexibility index (Phi) is 4.65. The average Bonchev–Trinajstić information content (AvgIpc) is 3.29. The lowest BCUT2D eigenvalue weighted by molar-refractivity contribution is 0.357. The van der Waals surface area contributed by atoms with Crippen LogP contribution in [0.1, 0.15) is 56.2 Å². The van der Waals surface area contributed by atoms with Crippen LogP contribution < -0.4 is 10.2 Å². The molecule has 1 atom stereocenters. The van der Waals surface area contributed by atoms with Crippen LogP contribution >= 0.6 is 0 Å². The summed E-state index contributed by atoms with van der Waals surface area (Å²) in [5.74, 6) is 3.34. The van der Waals surface area contributed by atoms with E-state index in [1.54, 1.807) is 0 Å². The Morgan fingerprint density at radius 2 is 1.96 bits per heavy atom. The molecule has 2 aliphatic heterocycles. The number of anilines is 1. The minimum absolute atomic E-state index is 0.385. The van der Waals surface area contributed by atoms with Crippen LogP contribution in [0.5, 0.6) is 0 Å². The van der Waals surface area contributed by atoms with Gasteiger partial charge in [-0.2, -0.15) is 5.10 Å². The van der Waals surface area contributed by atoms with Crippen LogP contribution in [0.25, 0.3) is 0 Å². The van der Waals surface area contributed by atoms with Crippen molar-refractivity contribution < 1.29 is 0 Å². The minimum Gasteiger partial charge on any atom is -0.341 e. The summed E-state index contributed by atoms with van der Waals surface area (Å²) >= 11 is 0. The van der Waals surface area contributed by atoms with Gasteiger partial charge in [0, 0.05) is 56.0 Å². The molecule has 7 heteroatoms. The third kappa shape index (κ3) is 3.66. The van der Waals surface area contributed by atoms with Crippen molar-refractivity contribution in [2.24, 2.45) is 0 Å². The monoisotopic (exact) mass is 341 g/mol. The Labute approximate surface area is 148 Å². The smallest absolute Gasteiger partial charge is 0.225 e. The maximum absolute atomic E-state index is 4.65. The Morgan fingerprint density at radius 1 is 1.20 bits per heavy atom. The van der Waals surface area contributed by atoms with Gasteiger partial charge in [0.25, 0.3) is 0 Å². The summed E-state index contributed by atoms with van der Waals surface area (Å²) in [7, 11) is 0. The summed E-state index contributed by atoms with van der Waals surface area (Å²) in [5, 5.41) is 8.27. The van der Waals surface area contributed by atoms with Gasteiger partial charge in [-0.15, -0.1) is 0 Å². The van der Waals surface area contributed by atoms with E-state index in [0.29, 0.717) is 12.0 Å². The molecule has 134 valence electrons. The molecule has 4 heterocycles. The molecular weight excluding hydrogens is 314 g/mol. The second-order valence-corrected chi connectivity index (χ2v) is 7.43. The number of hydrogen-bond acceptors (Lipinski definition) is 6. The van der Waals surface area contributed by atoms with Crippen LogP contribution in [-0.4, -0.2) is 43.9 Å². The number of aromatic nitrogens is 5. The molecule has 4 rings (SSSR count). The molecule has 0 amide bonds. The standard InChI is InChI=1S/C18H27N7/c1-13(2)17-22-16-6-5-15(12-25(16)23-17)19-9-14-10-20-18(21-11-14)24-7-3-4-8-24/h10-11,13,15,19H,3-9,12H2,1-2H3/t15-/m0/s1. The van der Waals surface area contributed by atoms with Crippen LogP contribution in [0.3, 0.4) is 0 Å². The lowest BCUT2D eigenvalue weighted by atomic mass is 10.1. The molecule has 2 aliphatic rings. The lowest BCUT2D eigenvalue weighted by Crippen LogP contribution is -2.37. The molecule has 2 aromatic heterocycles. The fourth-order valence-electron chi connectivity index (χ4n) is 3.52. The van der Waals surface area contributed by atoms with Gasteiger partial charge in [-0.1, -0.05) is 13.8 Å². The maximum Gasteiger partial charge on any atom is 0.225 e. The highest BCUT2D eigenvalue weighted by molar-refractivity contribution is 5.30. The third-order valence-electron chi connectivity index (χ3n) is 5.07. The van der Waals surface area contributed by atoms with Gasteiger partial charge in [-0.05, 0) is 19.3 Å². The number of rotatable bonds is 5. The highest BCUT2D eigenvalue weighted by atomic mass is 15.4. The first kappa shape index (κ1) is 16.4. The van der Waals surface area contributed by atoms with Crippen LogP contribution in [0.15, 0.2) is 12.4 Å². The van der Waals surface area contributed by atoms with E-state index in [1.807, 2.05) is 12.4 Å². The first-order valence-electron chi connectivity index (χ1n) is 9.42. The zero-order valence-corrected chi connectivity index (χ0v) is 15.1. The van der Waals surface area contributed by atoms with E-state index < -0.39 is 0 Å². The molecule has 1 fully saturated rings. The average molecular weight is 341 g/mol. The van der Waals surface area contributed by atoms with E-state index in [0.717, 1.165) is 62.2 Å². The van der Waals surface area contributed by atoms with E-state index in [1.165, 1.54) is 12.8 Å². The molecule has 0 spiro atoms. The minimum atomic E-state index is 0.385. The quantitative estimate of drug-likeness (QED) is 0.895. The summed E-state index contributed by atoms with van der Waals surface area (Å²) < 4.78 is 2.07. The Morgan fingerprint density at radius 3 is 2.68 bits per heavy atom. The van der Waals surface area contributed by atoms with Crippen LogP contribution in [0, 0.1) is 0 Å². The van der Waals surface area contributed by atoms with Crippen molar-refractivity contribution in [1.82, 2.24) is 30.0 Å². The van der Waals surface area contributed by atoms with Gasteiger partial charge in [-0.25, -0.2) is 19.6 Å². The van der Waals surface area contributed by atoms with Gasteiger partial charge in [0.2, 0.25) is 5.95 Å². The third-order valence-corrected chi connectivity index (χ3v) is 5.07. The van der Waals surface area contributed by atoms with Crippen molar-refractivity contribution in [3.05, 3.63) is 29.6 Å². The van der Waals surface area contributed by atoms with Gasteiger partial charge < -0.3 is 10.2 Å². The molecule has 25 heavy (non-hydrogen) atoms. The summed E-state index contributed by atoms with van der Waals surface area (Å²) in [4.78, 5) is 16.0. The van der Waals surface area contributed by atoms with Crippen molar-refractivity contribution in [3.63, 3.8) is 0 Å². The highest BCUT2D eigenvalue weighted by Crippen LogP contribution is 2.18. The van der Waals surface area contributed by atoms with Crippen molar-refractivity contribution in [3.8, 4) is 0 Å². The molecule has 0 unspecified atom stereocenters. The molecular formula is C18H27N7. The molecule has 1 saturated heterocycles. The Bertz CT molecular complexity index is 701. The van der Waals surface area contributed by atoms with Gasteiger partial charge in [0.1, 0.15) is 5.82 Å². The summed E-state index contributed by atoms with van der Waals surface area (Å²) in [5.41, 5.74) is 1.13. The number of aryl methyl sites for hydroxylation is 1. The van der Waals surface area contributed by atoms with Gasteiger partial charge in [0.05, 0.1) is 6.54 Å². The molecule has 0 bridgehead atoms. The molecule has 0 aliphatic carbocycles. The number of fused-ring (bicyclic) bond motifs is 1. The number of hydrogen-bond donors (Lipinski definition) is 1. The first-order chi connectivity index (χ1) is 12.2. The number of nitrogens with one attached hydrogen (secondary N) is 1. The normalized spacial score (nSPS) is 20.3. The van der Waals surface area contributed by atoms with Crippen molar-refractivity contribution in [1.29, 1.82) is 0 Å². The zero-order chi connectivity index (χ0) is 17.2. The number of nitrogens with zero attached hydrogens (tertiary/aromatic N) is 6. The van der Waals surface area contributed by atoms with E-state index >= 15 is 0 Å². The van der Waals surface area contributed by atoms with Crippen molar-refractivity contribution in [2.45, 2.75) is 64.6 Å². The summed E-state index contributed by atoms with van der Waals surface area (Å²) in [6, 6.07) is 0.424. The van der Waals surface area contributed by atoms with Crippen molar-refractivity contribution >= 4 is 5.95 Å². The highest BCUT2D eigenvalue weighted by Gasteiger charge is 2.22. The van der Waals surface area contributed by atoms with Crippen LogP contribution in [0.4, 0.5) is 5.95 Å². The Hall–Kier alpha value is -2.02. The first-order valence-corrected chi connectivity index (χ1v) is 9.42. The molecule has 0 saturated carbocycles. The molecule has 2 aromatic rings. The predicted octanol–water partition coefficient (Wildman–Crippen LogP) is 1.90. The van der Waals surface area contributed by atoms with E-state index in [4.69, 9.17) is 0 Å². The van der Waals surface area contributed by atoms with Gasteiger partial charge >= 0.3 is 0 Å². The zero-order valence-electron chi connectivity index (χ0n) is 15.1. The lowest BCUT2D eigenvalue weighted by Gasteiger charge is -2.23. The Balaban J connectivity index is 1.32. The fourth-order valence-corrected chi connectivity index (χ4v) is 3.52. The van der Waals surface area contributed by atoms with E-state index in [9.17, 15) is 0 Å². The SMILES string of the molecule is CC(C)c1nc2n(n1)C[C@@H](NCc1cnc(N3CCCC3)nc1)CC2. The topological polar surface area (TPSA) is 71.8 Å². The predicted molar refractivity (Wildman–Crippen MR) is 96.5 cm³/mol. The molecule has 7 nitrogen and oxygen atoms in total. The van der Waals surface area contributed by atoms with E-state index in [-0.39, 0.29) is 0 Å². The molecule has 0 radical (unpaired) electrons. The second kappa shape index (κ2) is 7.07. The van der Waals surface area contributed by atoms with Gasteiger partial charge in [0.15, 0.2) is 5.82 Å². The van der Waals surface area contributed by atoms with Crippen LogP contribution in [-0.2, 0) is 19.5 Å². The summed E-state index contributed by atoms with van der Waals surface area (Å²) in [6.07, 6.45) is 8.49. The second-order valence-electron chi connectivity index (χ2n) is 7.43. The molecule has 0 aromatic carbocycles. The van der Waals surface area contributed by atoms with Gasteiger partial charge in [-0.3, -0.25) is 0 Å². The fraction of sp³-hybridized carbons (Fsp3) is 0.667. The van der Waals surface area contributed by atoms with Crippen molar-refractivity contribution in [2.75, 3.05) is 18.0 Å². The maximum atomic E-state index is 4.65. The molecule has 1 N–H and O–H groups in total. The van der Waals surface area contributed by atoms with E-state index in [2.05, 4.69) is 48.8 Å². The summed E-state index contributed by atoms with van der Waals surface area (Å²) in [6.45, 7) is 8.14.